The zero-order chi connectivity index (χ0) is 18.0. The van der Waals surface area contributed by atoms with Gasteiger partial charge in [0.2, 0.25) is 0 Å². The van der Waals surface area contributed by atoms with E-state index in [0.717, 1.165) is 0 Å². The Morgan fingerprint density at radius 1 is 0.769 bits per heavy atom. The standard InChI is InChI=1S/C20H10Cl2N2O2/c21-13-5-3-6-14-18(13)20(26)11-9-17-12(8-15(11)23-14)19(25)10-4-1-2-7-16(10)24(17)22/h1-9H,(H,23,26). The molecule has 1 N–H and O–H groups in total. The maximum Gasteiger partial charge on any atom is 0.198 e. The van der Waals surface area contributed by atoms with Crippen molar-refractivity contribution in [1.29, 1.82) is 0 Å². The molecule has 0 bridgehead atoms. The van der Waals surface area contributed by atoms with Crippen molar-refractivity contribution in [2.45, 2.75) is 0 Å². The Bertz CT molecular complexity index is 1500. The highest BCUT2D eigenvalue weighted by Gasteiger charge is 2.14. The van der Waals surface area contributed by atoms with Crippen LogP contribution in [0.2, 0.25) is 5.02 Å². The molecule has 0 atom stereocenters. The fraction of sp³-hybridized carbons (Fsp3) is 0. The van der Waals surface area contributed by atoms with Crippen molar-refractivity contribution in [3.05, 3.63) is 80.1 Å². The third-order valence-corrected chi connectivity index (χ3v) is 5.39. The first-order valence-electron chi connectivity index (χ1n) is 7.94. The summed E-state index contributed by atoms with van der Waals surface area (Å²) in [5.74, 6) is 0. The number of fused-ring (bicyclic) bond motifs is 4. The summed E-state index contributed by atoms with van der Waals surface area (Å²) in [6, 6.07) is 15.7. The topological polar surface area (TPSA) is 54.9 Å². The number of aromatic amines is 1. The number of H-pyrrole nitrogens is 1. The number of benzene rings is 3. The van der Waals surface area contributed by atoms with E-state index in [1.54, 1.807) is 48.5 Å². The average Bonchev–Trinajstić information content (AvgIpc) is 2.65. The number of hydrogen-bond donors (Lipinski definition) is 1. The second-order valence-corrected chi connectivity index (χ2v) is 6.90. The molecule has 0 aliphatic rings. The van der Waals surface area contributed by atoms with Crippen LogP contribution in [0.4, 0.5) is 0 Å². The largest absolute Gasteiger partial charge is 0.354 e. The molecule has 0 aliphatic heterocycles. The van der Waals surface area contributed by atoms with E-state index in [9.17, 15) is 9.59 Å². The van der Waals surface area contributed by atoms with Crippen molar-refractivity contribution in [2.75, 3.05) is 0 Å². The molecule has 5 rings (SSSR count). The van der Waals surface area contributed by atoms with Gasteiger partial charge in [-0.15, -0.1) is 0 Å². The van der Waals surface area contributed by atoms with Crippen molar-refractivity contribution in [1.82, 2.24) is 9.07 Å². The lowest BCUT2D eigenvalue weighted by Gasteiger charge is -2.10. The summed E-state index contributed by atoms with van der Waals surface area (Å²) in [6.07, 6.45) is 0. The fourth-order valence-electron chi connectivity index (χ4n) is 3.47. The number of para-hydroxylation sites is 1. The van der Waals surface area contributed by atoms with Gasteiger partial charge < -0.3 is 4.98 Å². The van der Waals surface area contributed by atoms with Gasteiger partial charge in [0, 0.05) is 27.9 Å². The molecule has 0 unspecified atom stereocenters. The van der Waals surface area contributed by atoms with Gasteiger partial charge in [-0.3, -0.25) is 13.7 Å². The maximum absolute atomic E-state index is 13.0. The number of pyridine rings is 2. The van der Waals surface area contributed by atoms with Crippen molar-refractivity contribution in [3.63, 3.8) is 0 Å². The van der Waals surface area contributed by atoms with E-state index >= 15 is 0 Å². The Labute approximate surface area is 156 Å². The van der Waals surface area contributed by atoms with Crippen LogP contribution in [0.25, 0.3) is 43.6 Å². The third kappa shape index (κ3) is 1.97. The zero-order valence-corrected chi connectivity index (χ0v) is 14.7. The smallest absolute Gasteiger partial charge is 0.198 e. The number of nitrogens with one attached hydrogen (secondary N) is 1. The summed E-state index contributed by atoms with van der Waals surface area (Å²) in [6.45, 7) is 0. The molecule has 0 amide bonds. The normalized spacial score (nSPS) is 11.8. The molecule has 0 aliphatic carbocycles. The molecule has 26 heavy (non-hydrogen) atoms. The number of nitrogens with zero attached hydrogens (tertiary/aromatic N) is 1. The Morgan fingerprint density at radius 3 is 2.42 bits per heavy atom. The van der Waals surface area contributed by atoms with Crippen molar-refractivity contribution < 1.29 is 0 Å². The highest BCUT2D eigenvalue weighted by molar-refractivity contribution is 6.35. The molecule has 2 aromatic heterocycles. The predicted molar refractivity (Wildman–Crippen MR) is 108 cm³/mol. The zero-order valence-electron chi connectivity index (χ0n) is 13.2. The number of aromatic nitrogens is 2. The van der Waals surface area contributed by atoms with E-state index in [0.29, 0.717) is 48.6 Å². The monoisotopic (exact) mass is 380 g/mol. The number of hydrogen-bond acceptors (Lipinski definition) is 2. The third-order valence-electron chi connectivity index (χ3n) is 4.71. The van der Waals surface area contributed by atoms with E-state index in [4.69, 9.17) is 23.4 Å². The van der Waals surface area contributed by atoms with Gasteiger partial charge in [-0.05, 0) is 36.4 Å². The molecule has 126 valence electrons. The van der Waals surface area contributed by atoms with Crippen LogP contribution < -0.4 is 10.9 Å². The van der Waals surface area contributed by atoms with Crippen LogP contribution >= 0.6 is 23.4 Å². The SMILES string of the molecule is O=c1c2ccccc2n(Cl)c2cc3c(=O)c4c(Cl)cccc4[nH]c3cc12. The summed E-state index contributed by atoms with van der Waals surface area (Å²) < 4.78 is 1.42. The van der Waals surface area contributed by atoms with Crippen LogP contribution in [-0.4, -0.2) is 9.07 Å². The molecule has 5 aromatic rings. The average molecular weight is 381 g/mol. The maximum atomic E-state index is 13.0. The Balaban J connectivity index is 2.08. The molecule has 4 nitrogen and oxygen atoms in total. The Kier molecular flexibility index (Phi) is 3.17. The Morgan fingerprint density at radius 2 is 1.58 bits per heavy atom. The predicted octanol–water partition coefficient (Wildman–Crippen LogP) is 4.80. The lowest BCUT2D eigenvalue weighted by molar-refractivity contribution is 1.36. The highest BCUT2D eigenvalue weighted by atomic mass is 35.5. The van der Waals surface area contributed by atoms with Crippen LogP contribution in [0.15, 0.2) is 64.2 Å². The molecule has 0 radical (unpaired) electrons. The second kappa shape index (κ2) is 5.34. The molecule has 0 fully saturated rings. The molecule has 3 aromatic carbocycles. The summed E-state index contributed by atoms with van der Waals surface area (Å²) in [5.41, 5.74) is 1.96. The number of halogens is 2. The van der Waals surface area contributed by atoms with Crippen LogP contribution in [0.1, 0.15) is 0 Å². The van der Waals surface area contributed by atoms with Crippen LogP contribution in [0.3, 0.4) is 0 Å². The fourth-order valence-corrected chi connectivity index (χ4v) is 4.02. The van der Waals surface area contributed by atoms with Crippen LogP contribution in [-0.2, 0) is 0 Å². The van der Waals surface area contributed by atoms with Gasteiger partial charge >= 0.3 is 0 Å². The molecule has 0 saturated heterocycles. The van der Waals surface area contributed by atoms with E-state index < -0.39 is 0 Å². The van der Waals surface area contributed by atoms with Gasteiger partial charge in [0.05, 0.1) is 32.5 Å². The van der Waals surface area contributed by atoms with Crippen molar-refractivity contribution in [2.24, 2.45) is 0 Å². The minimum Gasteiger partial charge on any atom is -0.354 e. The molecule has 0 saturated carbocycles. The first kappa shape index (κ1) is 15.4. The molecular formula is C20H10Cl2N2O2. The minimum atomic E-state index is -0.196. The summed E-state index contributed by atoms with van der Waals surface area (Å²) in [7, 11) is 0. The van der Waals surface area contributed by atoms with Crippen molar-refractivity contribution in [3.8, 4) is 0 Å². The summed E-state index contributed by atoms with van der Waals surface area (Å²) in [4.78, 5) is 29.1. The van der Waals surface area contributed by atoms with E-state index in [2.05, 4.69) is 4.98 Å². The van der Waals surface area contributed by atoms with Crippen molar-refractivity contribution >= 4 is 67.0 Å². The number of rotatable bonds is 0. The van der Waals surface area contributed by atoms with Gasteiger partial charge in [0.1, 0.15) is 0 Å². The van der Waals surface area contributed by atoms with Gasteiger partial charge in [0.25, 0.3) is 0 Å². The second-order valence-electron chi connectivity index (χ2n) is 6.16. The first-order chi connectivity index (χ1) is 12.6. The van der Waals surface area contributed by atoms with E-state index in [1.807, 2.05) is 6.07 Å². The quantitative estimate of drug-likeness (QED) is 0.392. The van der Waals surface area contributed by atoms with Gasteiger partial charge in [-0.1, -0.05) is 29.8 Å². The molecule has 2 heterocycles. The van der Waals surface area contributed by atoms with Gasteiger partial charge in [0.15, 0.2) is 10.9 Å². The lowest BCUT2D eigenvalue weighted by Crippen LogP contribution is -2.10. The van der Waals surface area contributed by atoms with Gasteiger partial charge in [-0.25, -0.2) is 0 Å². The van der Waals surface area contributed by atoms with Crippen LogP contribution in [0.5, 0.6) is 0 Å². The lowest BCUT2D eigenvalue weighted by atomic mass is 10.1. The van der Waals surface area contributed by atoms with E-state index in [1.165, 1.54) is 4.09 Å². The summed E-state index contributed by atoms with van der Waals surface area (Å²) in [5, 5.41) is 2.21. The Hall–Kier alpha value is -2.82. The first-order valence-corrected chi connectivity index (χ1v) is 8.66. The highest BCUT2D eigenvalue weighted by Crippen LogP contribution is 2.26. The molecular weight excluding hydrogens is 371 g/mol. The molecule has 0 spiro atoms. The summed E-state index contributed by atoms with van der Waals surface area (Å²) >= 11 is 12.7. The minimum absolute atomic E-state index is 0.124. The van der Waals surface area contributed by atoms with E-state index in [-0.39, 0.29) is 10.9 Å². The van der Waals surface area contributed by atoms with Crippen LogP contribution in [0, 0.1) is 0 Å². The molecule has 6 heteroatoms. The van der Waals surface area contributed by atoms with Gasteiger partial charge in [-0.2, -0.15) is 0 Å².